The molecule has 2 atom stereocenters. The van der Waals surface area contributed by atoms with Gasteiger partial charge in [0.1, 0.15) is 0 Å². The Balaban J connectivity index is 0.000000371. The van der Waals surface area contributed by atoms with E-state index >= 15 is 0 Å². The van der Waals surface area contributed by atoms with Crippen LogP contribution in [-0.4, -0.2) is 12.7 Å². The highest BCUT2D eigenvalue weighted by Crippen LogP contribution is 2.18. The lowest BCUT2D eigenvalue weighted by Crippen LogP contribution is -2.20. The smallest absolute Gasteiger partial charge is 0.0549 e. The maximum atomic E-state index is 5.35. The van der Waals surface area contributed by atoms with Gasteiger partial charge in [-0.15, -0.1) is 0 Å². The third-order valence-electron chi connectivity index (χ3n) is 1.75. The molecule has 62 valence electrons. The molecule has 0 aliphatic carbocycles. The molecule has 1 aliphatic heterocycles. The largest absolute Gasteiger partial charge is 0.378 e. The third-order valence-corrected chi connectivity index (χ3v) is 1.75. The van der Waals surface area contributed by atoms with Crippen LogP contribution in [0.5, 0.6) is 0 Å². The van der Waals surface area contributed by atoms with Crippen LogP contribution in [0.3, 0.4) is 0 Å². The third kappa shape index (κ3) is 3.89. The summed E-state index contributed by atoms with van der Waals surface area (Å²) >= 11 is 0. The fourth-order valence-corrected chi connectivity index (χ4v) is 1.22. The van der Waals surface area contributed by atoms with Gasteiger partial charge in [-0.3, -0.25) is 0 Å². The zero-order chi connectivity index (χ0) is 7.98. The molecule has 0 spiro atoms. The number of hydrogen-bond donors (Lipinski definition) is 0. The van der Waals surface area contributed by atoms with Crippen molar-refractivity contribution in [2.45, 2.75) is 46.6 Å². The van der Waals surface area contributed by atoms with Gasteiger partial charge in [0.05, 0.1) is 6.10 Å². The summed E-state index contributed by atoms with van der Waals surface area (Å²) in [6, 6.07) is 0. The summed E-state index contributed by atoms with van der Waals surface area (Å²) < 4.78 is 5.35. The minimum atomic E-state index is 0.513. The molecule has 0 bridgehead atoms. The Morgan fingerprint density at radius 3 is 2.10 bits per heavy atom. The summed E-state index contributed by atoms with van der Waals surface area (Å²) in [6.07, 6.45) is 3.02. The first-order chi connectivity index (χ1) is 4.79. The Labute approximate surface area is 64.8 Å². The summed E-state index contributed by atoms with van der Waals surface area (Å²) in [6.45, 7) is 9.41. The summed E-state index contributed by atoms with van der Waals surface area (Å²) in [4.78, 5) is 0. The van der Waals surface area contributed by atoms with Crippen molar-refractivity contribution >= 4 is 0 Å². The second kappa shape index (κ2) is 5.72. The van der Waals surface area contributed by atoms with Crippen molar-refractivity contribution in [2.75, 3.05) is 6.61 Å². The van der Waals surface area contributed by atoms with Crippen LogP contribution in [0.2, 0.25) is 0 Å². The van der Waals surface area contributed by atoms with E-state index in [0.717, 1.165) is 12.5 Å². The molecule has 0 aromatic heterocycles. The Morgan fingerprint density at radius 1 is 1.20 bits per heavy atom. The van der Waals surface area contributed by atoms with Crippen molar-refractivity contribution in [3.63, 3.8) is 0 Å². The van der Waals surface area contributed by atoms with E-state index in [4.69, 9.17) is 4.74 Å². The van der Waals surface area contributed by atoms with Gasteiger partial charge in [0.2, 0.25) is 0 Å². The molecule has 0 N–H and O–H groups in total. The van der Waals surface area contributed by atoms with E-state index in [-0.39, 0.29) is 0 Å². The van der Waals surface area contributed by atoms with Gasteiger partial charge in [0, 0.05) is 6.61 Å². The average molecular weight is 144 g/mol. The Bertz CT molecular complexity index is 63.1. The van der Waals surface area contributed by atoms with E-state index in [1.165, 1.54) is 12.8 Å². The fourth-order valence-electron chi connectivity index (χ4n) is 1.22. The normalized spacial score (nSPS) is 32.4. The van der Waals surface area contributed by atoms with E-state index in [1.54, 1.807) is 0 Å². The Hall–Kier alpha value is -0.0400. The Morgan fingerprint density at radius 2 is 1.80 bits per heavy atom. The molecule has 0 aromatic carbocycles. The van der Waals surface area contributed by atoms with Crippen LogP contribution >= 0.6 is 0 Å². The van der Waals surface area contributed by atoms with Gasteiger partial charge in [-0.1, -0.05) is 20.8 Å². The molecule has 1 saturated heterocycles. The summed E-state index contributed by atoms with van der Waals surface area (Å²) in [5.74, 6) is 0.888. The maximum Gasteiger partial charge on any atom is 0.0549 e. The molecule has 1 rings (SSSR count). The summed E-state index contributed by atoms with van der Waals surface area (Å²) in [7, 11) is 0. The van der Waals surface area contributed by atoms with Crippen molar-refractivity contribution in [2.24, 2.45) is 5.92 Å². The predicted octanol–water partition coefficient (Wildman–Crippen LogP) is 2.85. The van der Waals surface area contributed by atoms with Crippen molar-refractivity contribution in [1.82, 2.24) is 0 Å². The number of ether oxygens (including phenoxy) is 1. The molecular formula is C9H20O. The topological polar surface area (TPSA) is 9.23 Å². The van der Waals surface area contributed by atoms with Gasteiger partial charge in [-0.25, -0.2) is 0 Å². The zero-order valence-electron chi connectivity index (χ0n) is 7.68. The van der Waals surface area contributed by atoms with Crippen molar-refractivity contribution in [3.05, 3.63) is 0 Å². The van der Waals surface area contributed by atoms with E-state index in [1.807, 2.05) is 13.8 Å². The van der Waals surface area contributed by atoms with Gasteiger partial charge < -0.3 is 4.74 Å². The van der Waals surface area contributed by atoms with Crippen LogP contribution in [0.15, 0.2) is 0 Å². The minimum Gasteiger partial charge on any atom is -0.378 e. The fraction of sp³-hybridized carbons (Fsp3) is 1.00. The molecule has 0 amide bonds. The van der Waals surface area contributed by atoms with E-state index in [0.29, 0.717) is 6.10 Å². The molecular weight excluding hydrogens is 124 g/mol. The quantitative estimate of drug-likeness (QED) is 0.508. The molecule has 10 heavy (non-hydrogen) atoms. The highest BCUT2D eigenvalue weighted by molar-refractivity contribution is 4.63. The van der Waals surface area contributed by atoms with Crippen molar-refractivity contribution in [1.29, 1.82) is 0 Å². The molecule has 1 fully saturated rings. The molecule has 0 aromatic rings. The number of rotatable bonds is 0. The second-order valence-corrected chi connectivity index (χ2v) is 2.81. The second-order valence-electron chi connectivity index (χ2n) is 2.81. The van der Waals surface area contributed by atoms with Crippen molar-refractivity contribution < 1.29 is 4.74 Å². The SMILES string of the molecule is CC.CC1C[C@@H](C)CCO1. The van der Waals surface area contributed by atoms with Crippen LogP contribution in [0.1, 0.15) is 40.5 Å². The number of hydrogen-bond acceptors (Lipinski definition) is 1. The van der Waals surface area contributed by atoms with Crippen LogP contribution in [0.25, 0.3) is 0 Å². The average Bonchev–Trinajstić information content (AvgIpc) is 1.91. The van der Waals surface area contributed by atoms with Crippen LogP contribution in [0.4, 0.5) is 0 Å². The molecule has 0 saturated carbocycles. The van der Waals surface area contributed by atoms with Gasteiger partial charge in [0.15, 0.2) is 0 Å². The van der Waals surface area contributed by atoms with E-state index in [9.17, 15) is 0 Å². The highest BCUT2D eigenvalue weighted by atomic mass is 16.5. The van der Waals surface area contributed by atoms with Crippen LogP contribution in [0, 0.1) is 5.92 Å². The van der Waals surface area contributed by atoms with Crippen LogP contribution < -0.4 is 0 Å². The predicted molar refractivity (Wildman–Crippen MR) is 45.2 cm³/mol. The monoisotopic (exact) mass is 144 g/mol. The molecule has 0 radical (unpaired) electrons. The lowest BCUT2D eigenvalue weighted by molar-refractivity contribution is 0.00682. The lowest BCUT2D eigenvalue weighted by Gasteiger charge is -2.23. The van der Waals surface area contributed by atoms with Gasteiger partial charge in [0.25, 0.3) is 0 Å². The zero-order valence-corrected chi connectivity index (χ0v) is 7.68. The van der Waals surface area contributed by atoms with Crippen LogP contribution in [-0.2, 0) is 4.74 Å². The molecule has 1 aliphatic rings. The highest BCUT2D eigenvalue weighted by Gasteiger charge is 2.13. The van der Waals surface area contributed by atoms with Gasteiger partial charge in [-0.2, -0.15) is 0 Å². The van der Waals surface area contributed by atoms with Gasteiger partial charge in [-0.05, 0) is 25.7 Å². The van der Waals surface area contributed by atoms with Crippen molar-refractivity contribution in [3.8, 4) is 0 Å². The summed E-state index contributed by atoms with van der Waals surface area (Å²) in [5.41, 5.74) is 0. The van der Waals surface area contributed by atoms with E-state index in [2.05, 4.69) is 13.8 Å². The Kier molecular flexibility index (Phi) is 5.70. The molecule has 1 unspecified atom stereocenters. The molecule has 1 nitrogen and oxygen atoms in total. The van der Waals surface area contributed by atoms with Gasteiger partial charge >= 0.3 is 0 Å². The first-order valence-corrected chi connectivity index (χ1v) is 4.40. The molecule has 1 heterocycles. The lowest BCUT2D eigenvalue weighted by atomic mass is 9.99. The first kappa shape index (κ1) is 9.96. The standard InChI is InChI=1S/C7H14O.C2H6/c1-6-3-4-8-7(2)5-6;1-2/h6-7H,3-5H2,1-2H3;1-2H3/t6-,7?;/m0./s1. The molecule has 1 heteroatoms. The minimum absolute atomic E-state index is 0.513. The summed E-state index contributed by atoms with van der Waals surface area (Å²) in [5, 5.41) is 0. The first-order valence-electron chi connectivity index (χ1n) is 4.40. The van der Waals surface area contributed by atoms with E-state index < -0.39 is 0 Å². The maximum absolute atomic E-state index is 5.35.